The Bertz CT molecular complexity index is 715. The zero-order chi connectivity index (χ0) is 22.5. The first-order valence-corrected chi connectivity index (χ1v) is 14.4. The van der Waals surface area contributed by atoms with E-state index < -0.39 is 21.2 Å². The molecule has 0 fully saturated rings. The number of hydrogen-bond donors (Lipinski definition) is 2. The molecule has 0 aliphatic carbocycles. The maximum atomic E-state index is 11.0. The van der Waals surface area contributed by atoms with Crippen molar-refractivity contribution in [3.8, 4) is 34.1 Å². The van der Waals surface area contributed by atoms with Crippen LogP contribution in [0.25, 0.3) is 11.1 Å². The van der Waals surface area contributed by atoms with E-state index in [0.717, 1.165) is 44.3 Å². The number of phenolic OH excluding ortho intramolecular Hbond substituents is 2. The van der Waals surface area contributed by atoms with Gasteiger partial charge in [0.2, 0.25) is 0 Å². The molecule has 0 atom stereocenters. The van der Waals surface area contributed by atoms with Crippen molar-refractivity contribution in [1.29, 1.82) is 0 Å². The molecule has 0 saturated carbocycles. The number of hydrogen-bond acceptors (Lipinski definition) is 5. The molecule has 0 radical (unpaired) electrons. The molecule has 2 N–H and O–H groups in total. The van der Waals surface area contributed by atoms with Crippen molar-refractivity contribution >= 4 is 33.0 Å². The molecule has 6 heteroatoms. The van der Waals surface area contributed by atoms with E-state index >= 15 is 0 Å². The van der Waals surface area contributed by atoms with Crippen LogP contribution in [0.15, 0.2) is 29.2 Å². The fraction of sp³-hybridized carbons (Fsp3) is 0.500. The number of unbranched alkanes of at least 4 members (excludes halogenated alkanes) is 2. The molecule has 0 bridgehead atoms. The van der Waals surface area contributed by atoms with Gasteiger partial charge in [0.25, 0.3) is 0 Å². The molecule has 0 aliphatic heterocycles. The average Bonchev–Trinajstić information content (AvgIpc) is 2.78. The molecule has 2 rings (SSSR count). The van der Waals surface area contributed by atoms with Crippen molar-refractivity contribution in [1.82, 2.24) is 0 Å². The van der Waals surface area contributed by atoms with Crippen LogP contribution in [0.2, 0.25) is 0 Å². The van der Waals surface area contributed by atoms with E-state index in [1.54, 1.807) is 38.1 Å². The summed E-state index contributed by atoms with van der Waals surface area (Å²) in [5, 5.41) is 21.9. The minimum absolute atomic E-state index is 0.186. The number of ether oxygens (including phenoxy) is 2. The third kappa shape index (κ3) is 7.45. The molecule has 170 valence electrons. The van der Waals surface area contributed by atoms with Crippen molar-refractivity contribution in [3.63, 3.8) is 0 Å². The first-order valence-electron chi connectivity index (χ1n) is 10.6. The van der Waals surface area contributed by atoms with Crippen LogP contribution in [0.5, 0.6) is 23.0 Å². The van der Waals surface area contributed by atoms with Crippen molar-refractivity contribution < 1.29 is 19.7 Å². The third-order valence-corrected chi connectivity index (χ3v) is 8.67. The topological polar surface area (TPSA) is 58.9 Å². The van der Waals surface area contributed by atoms with Gasteiger partial charge < -0.3 is 0 Å². The van der Waals surface area contributed by atoms with Crippen LogP contribution in [0.3, 0.4) is 0 Å². The second-order valence-corrected chi connectivity index (χ2v) is 10.8. The number of alkyl halides is 1. The van der Waals surface area contributed by atoms with Gasteiger partial charge in [0.05, 0.1) is 0 Å². The Morgan fingerprint density at radius 3 is 1.97 bits per heavy atom. The van der Waals surface area contributed by atoms with Gasteiger partial charge in [-0.3, -0.25) is 0 Å². The average molecular weight is 549 g/mol. The number of rotatable bonds is 11. The molecule has 2 aromatic rings. The van der Waals surface area contributed by atoms with E-state index in [9.17, 15) is 10.2 Å². The van der Waals surface area contributed by atoms with Crippen LogP contribution in [0, 0.1) is 3.57 Å². The normalized spacial score (nSPS) is 10.5. The summed E-state index contributed by atoms with van der Waals surface area (Å²) >= 11 is 1.09. The number of phenols is 2. The molecule has 0 aromatic heterocycles. The second kappa shape index (κ2) is 14.7. The number of aromatic hydroxyl groups is 2. The molecule has 0 saturated heterocycles. The Balaban J connectivity index is 0.00000218. The Morgan fingerprint density at radius 2 is 1.40 bits per heavy atom. The summed E-state index contributed by atoms with van der Waals surface area (Å²) in [5.41, 5.74) is 1.18. The van der Waals surface area contributed by atoms with E-state index in [-0.39, 0.29) is 11.5 Å². The van der Waals surface area contributed by atoms with Gasteiger partial charge in [-0.2, -0.15) is 0 Å². The van der Waals surface area contributed by atoms with Gasteiger partial charge >= 0.3 is 183 Å². The van der Waals surface area contributed by atoms with E-state index in [2.05, 4.69) is 13.8 Å². The predicted molar refractivity (Wildman–Crippen MR) is 139 cm³/mol. The number of halogens is 1. The summed E-state index contributed by atoms with van der Waals surface area (Å²) in [6.45, 7) is 8.32. The monoisotopic (exact) mass is 548 g/mol. The molecule has 30 heavy (non-hydrogen) atoms. The Kier molecular flexibility index (Phi) is 13.1. The molecule has 4 nitrogen and oxygen atoms in total. The first-order chi connectivity index (χ1) is 14.5. The van der Waals surface area contributed by atoms with Gasteiger partial charge in [0.15, 0.2) is 0 Å². The predicted octanol–water partition coefficient (Wildman–Crippen LogP) is 7.37. The Labute approximate surface area is 196 Å². The Hall–Kier alpha value is -1.28. The summed E-state index contributed by atoms with van der Waals surface area (Å²) in [7, 11) is 3.24. The minimum atomic E-state index is -0.521. The van der Waals surface area contributed by atoms with E-state index in [4.69, 9.17) is 9.47 Å². The summed E-state index contributed by atoms with van der Waals surface area (Å²) in [5.74, 6) is 2.73. The summed E-state index contributed by atoms with van der Waals surface area (Å²) in [6, 6.07) is 7.36. The van der Waals surface area contributed by atoms with Crippen molar-refractivity contribution in [3.05, 3.63) is 27.8 Å². The van der Waals surface area contributed by atoms with Gasteiger partial charge in [0, 0.05) is 0 Å². The molecule has 0 amide bonds. The quantitative estimate of drug-likeness (QED) is 0.133. The van der Waals surface area contributed by atoms with Gasteiger partial charge in [-0.25, -0.2) is 0 Å². The van der Waals surface area contributed by atoms with Crippen LogP contribution >= 0.6 is 33.0 Å². The second-order valence-electron chi connectivity index (χ2n) is 6.45. The van der Waals surface area contributed by atoms with Gasteiger partial charge in [-0.15, -0.1) is 0 Å². The molecule has 0 heterocycles. The summed E-state index contributed by atoms with van der Waals surface area (Å²) < 4.78 is 13.0. The fourth-order valence-electron chi connectivity index (χ4n) is 2.68. The molecule has 0 spiro atoms. The van der Waals surface area contributed by atoms with Crippen LogP contribution in [0.4, 0.5) is 0 Å². The van der Waals surface area contributed by atoms with Crippen molar-refractivity contribution in [2.45, 2.75) is 58.3 Å². The van der Waals surface area contributed by atoms with Crippen LogP contribution in [0.1, 0.15) is 53.4 Å². The van der Waals surface area contributed by atoms with Crippen molar-refractivity contribution in [2.75, 3.05) is 24.4 Å². The standard InChI is InChI=1S/C22H31IO4S.C2H6/c1-5-7-9-23-19-13-15(26-3)11-17(21(19)24)18-12-16(27-4)14-20(22(18)25)28-10-8-6-2;1-2/h11-14,23-25H,5-10H2,1-4H3;1-2H3. The van der Waals surface area contributed by atoms with Gasteiger partial charge in [0.1, 0.15) is 0 Å². The van der Waals surface area contributed by atoms with Crippen LogP contribution in [-0.4, -0.2) is 34.6 Å². The molecular weight excluding hydrogens is 511 g/mol. The fourth-order valence-corrected chi connectivity index (χ4v) is 6.92. The van der Waals surface area contributed by atoms with Gasteiger partial charge in [-0.05, 0) is 0 Å². The molecular formula is C24H37IO4S. The maximum absolute atomic E-state index is 11.0. The van der Waals surface area contributed by atoms with E-state index in [1.807, 2.05) is 26.0 Å². The molecule has 2 aromatic carbocycles. The first kappa shape index (κ1) is 26.8. The van der Waals surface area contributed by atoms with Crippen LogP contribution in [-0.2, 0) is 0 Å². The number of thioether (sulfide) groups is 1. The van der Waals surface area contributed by atoms with Gasteiger partial charge in [-0.1, -0.05) is 13.8 Å². The Morgan fingerprint density at radius 1 is 0.833 bits per heavy atom. The van der Waals surface area contributed by atoms with Crippen LogP contribution < -0.4 is 9.47 Å². The third-order valence-electron chi connectivity index (χ3n) is 4.37. The van der Waals surface area contributed by atoms with E-state index in [1.165, 1.54) is 0 Å². The zero-order valence-corrected chi connectivity index (χ0v) is 22.2. The number of benzene rings is 2. The number of methoxy groups -OCH3 is 2. The van der Waals surface area contributed by atoms with E-state index in [0.29, 0.717) is 22.6 Å². The molecule has 0 aliphatic rings. The summed E-state index contributed by atoms with van der Waals surface area (Å²) in [4.78, 5) is 0.772. The zero-order valence-electron chi connectivity index (χ0n) is 19.1. The SMILES string of the molecule is CC.CCCCSc1cc(OC)cc(-c2cc(OC)cc([IH]CCCC)c2O)c1O. The van der Waals surface area contributed by atoms with Crippen molar-refractivity contribution in [2.24, 2.45) is 0 Å². The summed E-state index contributed by atoms with van der Waals surface area (Å²) in [6.07, 6.45) is 4.49. The molecule has 0 unspecified atom stereocenters.